The fourth-order valence-electron chi connectivity index (χ4n) is 10.0. The maximum Gasteiger partial charge on any atom is 0.252 e. The molecule has 0 N–H and O–H groups in total. The normalized spacial score (nSPS) is 16.0. The summed E-state index contributed by atoms with van der Waals surface area (Å²) in [6, 6.07) is 44.7. The van der Waals surface area contributed by atoms with Crippen molar-refractivity contribution in [2.24, 2.45) is 0 Å². The lowest BCUT2D eigenvalue weighted by molar-refractivity contribution is 0.521. The molecular weight excluding hydrogens is 615 g/mol. The van der Waals surface area contributed by atoms with Gasteiger partial charge in [-0.1, -0.05) is 122 Å². The molecule has 0 saturated carbocycles. The Bertz CT molecular complexity index is 2600. The maximum absolute atomic E-state index is 2.63. The SMILES string of the molecule is CC(C)c1ccc2c(c1)c1cc(C(C)C)cc3c1n2-c1cccc2c1B3c1cc3c(cc1N2c1ccccc1)C(C)(C)c1ccccc1C3(C)C. The molecule has 2 aliphatic heterocycles. The summed E-state index contributed by atoms with van der Waals surface area (Å²) in [5, 5.41) is 2.74. The van der Waals surface area contributed by atoms with Gasteiger partial charge in [-0.2, -0.15) is 0 Å². The fourth-order valence-corrected chi connectivity index (χ4v) is 10.0. The molecule has 0 fully saturated rings. The Labute approximate surface area is 302 Å². The molecule has 2 nitrogen and oxygen atoms in total. The van der Waals surface area contributed by atoms with Crippen molar-refractivity contribution in [3.8, 4) is 5.69 Å². The minimum atomic E-state index is -0.140. The van der Waals surface area contributed by atoms with Crippen molar-refractivity contribution < 1.29 is 0 Å². The molecule has 51 heavy (non-hydrogen) atoms. The van der Waals surface area contributed by atoms with Gasteiger partial charge in [-0.15, -0.1) is 0 Å². The smallest absolute Gasteiger partial charge is 0.252 e. The molecule has 0 spiro atoms. The van der Waals surface area contributed by atoms with E-state index in [4.69, 9.17) is 0 Å². The summed E-state index contributed by atoms with van der Waals surface area (Å²) in [7, 11) is 0. The van der Waals surface area contributed by atoms with Crippen molar-refractivity contribution in [1.82, 2.24) is 4.57 Å². The summed E-state index contributed by atoms with van der Waals surface area (Å²) in [6.45, 7) is 19.1. The van der Waals surface area contributed by atoms with Crippen molar-refractivity contribution in [3.63, 3.8) is 0 Å². The topological polar surface area (TPSA) is 8.17 Å². The molecule has 3 heteroatoms. The van der Waals surface area contributed by atoms with Crippen molar-refractivity contribution in [1.29, 1.82) is 0 Å². The molecule has 6 aromatic carbocycles. The second-order valence-corrected chi connectivity index (χ2v) is 17.0. The number of fused-ring (bicyclic) bond motifs is 9. The number of hydrogen-bond donors (Lipinski definition) is 0. The Morgan fingerprint density at radius 3 is 1.82 bits per heavy atom. The lowest BCUT2D eigenvalue weighted by atomic mass is 9.33. The number of para-hydroxylation sites is 1. The van der Waals surface area contributed by atoms with Crippen LogP contribution in [0.5, 0.6) is 0 Å². The van der Waals surface area contributed by atoms with E-state index >= 15 is 0 Å². The first-order valence-electron chi connectivity index (χ1n) is 18.9. The average Bonchev–Trinajstić information content (AvgIpc) is 3.46. The molecule has 0 unspecified atom stereocenters. The molecule has 3 heterocycles. The van der Waals surface area contributed by atoms with Gasteiger partial charge in [0.15, 0.2) is 0 Å². The third kappa shape index (κ3) is 3.95. The van der Waals surface area contributed by atoms with Gasteiger partial charge in [0.25, 0.3) is 6.71 Å². The average molecular weight is 661 g/mol. The van der Waals surface area contributed by atoms with Crippen molar-refractivity contribution in [2.75, 3.05) is 4.90 Å². The molecule has 0 bridgehead atoms. The molecule has 250 valence electrons. The van der Waals surface area contributed by atoms with Crippen LogP contribution in [0.15, 0.2) is 115 Å². The summed E-state index contributed by atoms with van der Waals surface area (Å²) in [5.41, 5.74) is 20.2. The van der Waals surface area contributed by atoms with E-state index in [2.05, 4.69) is 180 Å². The van der Waals surface area contributed by atoms with Gasteiger partial charge in [0.2, 0.25) is 0 Å². The first-order chi connectivity index (χ1) is 24.5. The maximum atomic E-state index is 2.63. The molecule has 0 saturated heterocycles. The minimum absolute atomic E-state index is 0.107. The van der Waals surface area contributed by atoms with Gasteiger partial charge >= 0.3 is 0 Å². The zero-order chi connectivity index (χ0) is 35.1. The lowest BCUT2D eigenvalue weighted by Gasteiger charge is -2.47. The monoisotopic (exact) mass is 660 g/mol. The second kappa shape index (κ2) is 10.3. The van der Waals surface area contributed by atoms with Gasteiger partial charge in [-0.25, -0.2) is 0 Å². The van der Waals surface area contributed by atoms with Gasteiger partial charge in [0, 0.05) is 49.9 Å². The Morgan fingerprint density at radius 2 is 1.14 bits per heavy atom. The van der Waals surface area contributed by atoms with Gasteiger partial charge in [0.05, 0.1) is 5.52 Å². The van der Waals surface area contributed by atoms with Crippen LogP contribution in [0.2, 0.25) is 0 Å². The highest BCUT2D eigenvalue weighted by Gasteiger charge is 2.47. The summed E-state index contributed by atoms with van der Waals surface area (Å²) in [4.78, 5) is 2.56. The molecular formula is C48H45BN2. The Morgan fingerprint density at radius 1 is 0.510 bits per heavy atom. The van der Waals surface area contributed by atoms with Crippen LogP contribution in [0.4, 0.5) is 17.1 Å². The van der Waals surface area contributed by atoms with Gasteiger partial charge in [0.1, 0.15) is 0 Å². The number of hydrogen-bond acceptors (Lipinski definition) is 1. The van der Waals surface area contributed by atoms with E-state index in [1.54, 1.807) is 0 Å². The van der Waals surface area contributed by atoms with Crippen LogP contribution < -0.4 is 21.3 Å². The van der Waals surface area contributed by atoms with E-state index < -0.39 is 0 Å². The fraction of sp³-hybridized carbons (Fsp3) is 0.250. The zero-order valence-electron chi connectivity index (χ0n) is 31.1. The van der Waals surface area contributed by atoms with Crippen LogP contribution >= 0.6 is 0 Å². The number of aromatic nitrogens is 1. The first kappa shape index (κ1) is 30.8. The van der Waals surface area contributed by atoms with Crippen LogP contribution in [0.1, 0.15) is 101 Å². The quantitative estimate of drug-likeness (QED) is 0.171. The second-order valence-electron chi connectivity index (χ2n) is 17.0. The number of nitrogens with zero attached hydrogens (tertiary/aromatic N) is 2. The molecule has 1 aliphatic carbocycles. The van der Waals surface area contributed by atoms with Gasteiger partial charge in [-0.3, -0.25) is 0 Å². The van der Waals surface area contributed by atoms with E-state index in [1.807, 2.05) is 0 Å². The number of benzene rings is 6. The van der Waals surface area contributed by atoms with Crippen molar-refractivity contribution in [3.05, 3.63) is 149 Å². The van der Waals surface area contributed by atoms with Crippen LogP contribution in [-0.2, 0) is 10.8 Å². The van der Waals surface area contributed by atoms with Gasteiger partial charge in [-0.05, 0) is 110 Å². The van der Waals surface area contributed by atoms with E-state index in [0.29, 0.717) is 11.8 Å². The minimum Gasteiger partial charge on any atom is -0.311 e. The lowest BCUT2D eigenvalue weighted by Crippen LogP contribution is -2.61. The predicted octanol–water partition coefficient (Wildman–Crippen LogP) is 10.6. The Hall–Kier alpha value is -5.02. The highest BCUT2D eigenvalue weighted by atomic mass is 15.2. The van der Waals surface area contributed by atoms with Crippen LogP contribution in [-0.4, -0.2) is 11.3 Å². The summed E-state index contributed by atoms with van der Waals surface area (Å²) in [6.07, 6.45) is 0. The predicted molar refractivity (Wildman–Crippen MR) is 219 cm³/mol. The molecule has 7 aromatic rings. The first-order valence-corrected chi connectivity index (χ1v) is 18.9. The molecule has 3 aliphatic rings. The van der Waals surface area contributed by atoms with E-state index in [0.717, 1.165) is 0 Å². The molecule has 0 atom stereocenters. The summed E-state index contributed by atoms with van der Waals surface area (Å²) >= 11 is 0. The van der Waals surface area contributed by atoms with E-state index in [9.17, 15) is 0 Å². The summed E-state index contributed by atoms with van der Waals surface area (Å²) < 4.78 is 2.60. The van der Waals surface area contributed by atoms with Crippen molar-refractivity contribution >= 4 is 62.0 Å². The third-order valence-electron chi connectivity index (χ3n) is 12.8. The highest BCUT2D eigenvalue weighted by molar-refractivity contribution is 7.00. The van der Waals surface area contributed by atoms with Crippen molar-refractivity contribution in [2.45, 2.75) is 78.1 Å². The number of anilines is 3. The standard InChI is InChI=1S/C48H45BN2/c1-28(2)30-21-22-41-33(23-30)34-24-31(29(3)4)25-40-46(34)51(41)43-20-14-19-42-45(43)49(40)39-26-37-38(27-44(39)50(42)32-15-10-9-11-16-32)48(7,8)36-18-13-12-17-35(36)47(37,5)6/h9-29H,1-8H3. The van der Waals surface area contributed by atoms with Crippen LogP contribution in [0.3, 0.4) is 0 Å². The largest absolute Gasteiger partial charge is 0.311 e. The third-order valence-corrected chi connectivity index (χ3v) is 12.8. The summed E-state index contributed by atoms with van der Waals surface area (Å²) in [5.74, 6) is 0.882. The molecule has 0 radical (unpaired) electrons. The Kier molecular flexibility index (Phi) is 6.21. The van der Waals surface area contributed by atoms with Crippen LogP contribution in [0.25, 0.3) is 27.5 Å². The molecule has 10 rings (SSSR count). The Balaban J connectivity index is 1.37. The van der Waals surface area contributed by atoms with Crippen LogP contribution in [0, 0.1) is 0 Å². The van der Waals surface area contributed by atoms with E-state index in [-0.39, 0.29) is 17.5 Å². The van der Waals surface area contributed by atoms with E-state index in [1.165, 1.54) is 94.3 Å². The zero-order valence-corrected chi connectivity index (χ0v) is 31.1. The molecule has 1 aromatic heterocycles. The molecule has 0 amide bonds. The number of rotatable bonds is 3. The van der Waals surface area contributed by atoms with Gasteiger partial charge < -0.3 is 9.47 Å². The highest BCUT2D eigenvalue weighted by Crippen LogP contribution is 2.52.